The monoisotopic (exact) mass is 513 g/mol. The van der Waals surface area contributed by atoms with Crippen LogP contribution in [0, 0.1) is 5.82 Å². The molecule has 1 aromatic rings. The first-order chi connectivity index (χ1) is 14.4. The fraction of sp³-hybridized carbons (Fsp3) is 0.438. The predicted octanol–water partition coefficient (Wildman–Crippen LogP) is 5.01. The Balaban J connectivity index is 2.68. The Morgan fingerprint density at radius 2 is 1.15 bits per heavy atom. The lowest BCUT2D eigenvalue weighted by Crippen LogP contribution is -2.85. The van der Waals surface area contributed by atoms with Gasteiger partial charge in [0.1, 0.15) is 5.82 Å². The Labute approximate surface area is 171 Å². The van der Waals surface area contributed by atoms with Crippen LogP contribution in [0.2, 0.25) is 0 Å². The first kappa shape index (κ1) is 26.6. The second kappa shape index (κ2) is 6.94. The number of allylic oxidation sites excluding steroid dienone is 1. The Morgan fingerprint density at radius 1 is 0.758 bits per heavy atom. The fourth-order valence-electron chi connectivity index (χ4n) is 2.73. The standard InChI is InChI=1S/C16H5F15O2/c17-7-3-5(1-2-6(7)11(19,20)21)8(32)4-9(33)10(18)12(22,23)14(26,27)16(30,31)15(28,29)13(10,24)25/h1-4,32H/p-1/b8-4-. The largest absolute Gasteiger partial charge is 0.872 e. The molecule has 1 aliphatic rings. The fourth-order valence-corrected chi connectivity index (χ4v) is 2.73. The molecule has 0 aliphatic heterocycles. The van der Waals surface area contributed by atoms with Crippen LogP contribution in [0.3, 0.4) is 0 Å². The lowest BCUT2D eigenvalue weighted by molar-refractivity contribution is -0.475. The molecule has 2 rings (SSSR count). The first-order valence-electron chi connectivity index (χ1n) is 7.81. The maximum atomic E-state index is 14.5. The summed E-state index contributed by atoms with van der Waals surface area (Å²) in [6, 6.07) is -0.565. The van der Waals surface area contributed by atoms with E-state index in [1.165, 1.54) is 0 Å². The molecule has 1 aromatic carbocycles. The van der Waals surface area contributed by atoms with Gasteiger partial charge in [-0.15, -0.1) is 0 Å². The van der Waals surface area contributed by atoms with Crippen LogP contribution in [0.25, 0.3) is 5.76 Å². The van der Waals surface area contributed by atoms with E-state index in [-0.39, 0.29) is 18.2 Å². The first-order valence-corrected chi connectivity index (χ1v) is 7.81. The van der Waals surface area contributed by atoms with Crippen LogP contribution in [0.1, 0.15) is 11.1 Å². The Morgan fingerprint density at radius 3 is 1.52 bits per heavy atom. The molecule has 1 saturated carbocycles. The molecule has 0 atom stereocenters. The Hall–Kier alpha value is -2.62. The van der Waals surface area contributed by atoms with Crippen molar-refractivity contribution in [1.82, 2.24) is 0 Å². The number of carbonyl (C=O) groups excluding carboxylic acids is 1. The summed E-state index contributed by atoms with van der Waals surface area (Å²) in [4.78, 5) is 11.6. The van der Waals surface area contributed by atoms with E-state index in [9.17, 15) is 75.8 Å². The van der Waals surface area contributed by atoms with Gasteiger partial charge in [0, 0.05) is 0 Å². The van der Waals surface area contributed by atoms with Gasteiger partial charge in [-0.3, -0.25) is 4.79 Å². The van der Waals surface area contributed by atoms with Crippen LogP contribution in [0.15, 0.2) is 24.3 Å². The van der Waals surface area contributed by atoms with Gasteiger partial charge in [0.2, 0.25) is 5.78 Å². The number of halogens is 15. The highest BCUT2D eigenvalue weighted by atomic mass is 19.4. The smallest absolute Gasteiger partial charge is 0.419 e. The van der Waals surface area contributed by atoms with E-state index in [0.717, 1.165) is 0 Å². The summed E-state index contributed by atoms with van der Waals surface area (Å²) in [6.45, 7) is 0. The topological polar surface area (TPSA) is 40.1 Å². The van der Waals surface area contributed by atoms with E-state index in [2.05, 4.69) is 0 Å². The molecule has 0 saturated heterocycles. The molecule has 0 amide bonds. The average Bonchev–Trinajstić information content (AvgIpc) is 2.64. The normalized spacial score (nSPS) is 24.9. The third-order valence-corrected chi connectivity index (χ3v) is 4.60. The minimum atomic E-state index is -7.60. The number of benzene rings is 1. The van der Waals surface area contributed by atoms with Crippen LogP contribution >= 0.6 is 0 Å². The highest BCUT2D eigenvalue weighted by Crippen LogP contribution is 2.69. The van der Waals surface area contributed by atoms with Crippen LogP contribution in [0.5, 0.6) is 0 Å². The van der Waals surface area contributed by atoms with Crippen molar-refractivity contribution in [1.29, 1.82) is 0 Å². The van der Waals surface area contributed by atoms with Crippen LogP contribution in [-0.4, -0.2) is 41.1 Å². The zero-order valence-electron chi connectivity index (χ0n) is 14.8. The SMILES string of the molecule is O=C(/C=C(\[O-])c1ccc(C(F)(F)F)c(F)c1)C1(F)C(F)(F)C(F)(F)C(F)(F)C(F)(F)C1(F)F. The highest BCUT2D eigenvalue weighted by Gasteiger charge is 3.02. The molecule has 0 aromatic heterocycles. The third kappa shape index (κ3) is 3.09. The number of hydrogen-bond donors (Lipinski definition) is 0. The van der Waals surface area contributed by atoms with Crippen molar-refractivity contribution in [3.05, 3.63) is 41.2 Å². The van der Waals surface area contributed by atoms with Crippen LogP contribution in [-0.2, 0) is 11.0 Å². The number of ketones is 1. The van der Waals surface area contributed by atoms with Crippen molar-refractivity contribution in [2.45, 2.75) is 41.5 Å². The van der Waals surface area contributed by atoms with E-state index < -0.39 is 76.0 Å². The van der Waals surface area contributed by atoms with Gasteiger partial charge in [-0.1, -0.05) is 11.8 Å². The van der Waals surface area contributed by atoms with Crippen molar-refractivity contribution in [3.63, 3.8) is 0 Å². The summed E-state index contributed by atoms with van der Waals surface area (Å²) in [5, 5.41) is 11.7. The summed E-state index contributed by atoms with van der Waals surface area (Å²) in [5.74, 6) is -46.4. The lowest BCUT2D eigenvalue weighted by Gasteiger charge is -2.51. The van der Waals surface area contributed by atoms with Crippen LogP contribution in [0.4, 0.5) is 65.9 Å². The summed E-state index contributed by atoms with van der Waals surface area (Å²) in [5.41, 5.74) is -10.7. The number of carbonyl (C=O) groups is 1. The zero-order valence-corrected chi connectivity index (χ0v) is 14.8. The van der Waals surface area contributed by atoms with Crippen molar-refractivity contribution in [2.24, 2.45) is 0 Å². The predicted molar refractivity (Wildman–Crippen MR) is 73.0 cm³/mol. The molecule has 33 heavy (non-hydrogen) atoms. The van der Waals surface area contributed by atoms with Gasteiger partial charge < -0.3 is 5.11 Å². The van der Waals surface area contributed by atoms with Gasteiger partial charge in [-0.25, -0.2) is 8.78 Å². The van der Waals surface area contributed by atoms with Crippen LogP contribution < -0.4 is 5.11 Å². The van der Waals surface area contributed by atoms with Gasteiger partial charge >= 0.3 is 41.5 Å². The van der Waals surface area contributed by atoms with Crippen molar-refractivity contribution in [3.8, 4) is 0 Å². The van der Waals surface area contributed by atoms with Crippen molar-refractivity contribution in [2.75, 3.05) is 0 Å². The Kier molecular flexibility index (Phi) is 5.60. The maximum Gasteiger partial charge on any atom is 0.419 e. The van der Waals surface area contributed by atoms with Gasteiger partial charge in [-0.2, -0.15) is 57.1 Å². The molecule has 1 aliphatic carbocycles. The quantitative estimate of drug-likeness (QED) is 0.324. The molecule has 0 bridgehead atoms. The van der Waals surface area contributed by atoms with E-state index in [0.29, 0.717) is 0 Å². The molecule has 0 heterocycles. The van der Waals surface area contributed by atoms with Crippen molar-refractivity contribution < 1.29 is 75.8 Å². The van der Waals surface area contributed by atoms with E-state index >= 15 is 0 Å². The minimum absolute atomic E-state index is 0.00254. The average molecular weight is 513 g/mol. The molecule has 186 valence electrons. The molecule has 1 fully saturated rings. The molecule has 0 radical (unpaired) electrons. The number of hydrogen-bond acceptors (Lipinski definition) is 2. The Bertz CT molecular complexity index is 976. The van der Waals surface area contributed by atoms with E-state index in [4.69, 9.17) is 0 Å². The molecule has 17 heteroatoms. The summed E-state index contributed by atoms with van der Waals surface area (Å²) < 4.78 is 200. The molecule has 0 N–H and O–H groups in total. The summed E-state index contributed by atoms with van der Waals surface area (Å²) in [7, 11) is 0. The number of alkyl halides is 14. The molecular weight excluding hydrogens is 509 g/mol. The zero-order chi connectivity index (χ0) is 26.2. The van der Waals surface area contributed by atoms with E-state index in [1.807, 2.05) is 0 Å². The lowest BCUT2D eigenvalue weighted by atomic mass is 9.70. The molecule has 0 spiro atoms. The van der Waals surface area contributed by atoms with Gasteiger partial charge in [0.25, 0.3) is 0 Å². The second-order valence-electron chi connectivity index (χ2n) is 6.60. The maximum absolute atomic E-state index is 14.5. The number of rotatable bonds is 3. The van der Waals surface area contributed by atoms with Gasteiger partial charge in [0.15, 0.2) is 0 Å². The van der Waals surface area contributed by atoms with E-state index in [1.54, 1.807) is 0 Å². The third-order valence-electron chi connectivity index (χ3n) is 4.60. The minimum Gasteiger partial charge on any atom is -0.872 e. The molecule has 0 unspecified atom stereocenters. The molecule has 2 nitrogen and oxygen atoms in total. The summed E-state index contributed by atoms with van der Waals surface area (Å²) >= 11 is 0. The van der Waals surface area contributed by atoms with Gasteiger partial charge in [0.05, 0.1) is 5.56 Å². The van der Waals surface area contributed by atoms with Crippen molar-refractivity contribution >= 4 is 11.5 Å². The van der Waals surface area contributed by atoms with Gasteiger partial charge in [-0.05, 0) is 23.8 Å². The molecular formula is C16H4F15O2-. The second-order valence-corrected chi connectivity index (χ2v) is 6.60. The summed E-state index contributed by atoms with van der Waals surface area (Å²) in [6.07, 6.45) is -6.66. The highest BCUT2D eigenvalue weighted by molar-refractivity contribution is 6.03.